The van der Waals surface area contributed by atoms with Gasteiger partial charge in [-0.1, -0.05) is 12.2 Å². The van der Waals surface area contributed by atoms with Crippen LogP contribution in [0, 0.1) is 5.92 Å². The van der Waals surface area contributed by atoms with Gasteiger partial charge in [0.05, 0.1) is 20.6 Å². The largest absolute Gasteiger partial charge is 0.493 e. The minimum absolute atomic E-state index is 0.221. The molecule has 1 aromatic carbocycles. The highest BCUT2D eigenvalue weighted by molar-refractivity contribution is 5.95. The molecule has 6 heteroatoms. The highest BCUT2D eigenvalue weighted by atomic mass is 16.5. The third-order valence-corrected chi connectivity index (χ3v) is 3.87. The van der Waals surface area contributed by atoms with E-state index in [0.717, 1.165) is 12.8 Å². The SMILES string of the molecule is COc1ccc(NC(=O)[C@@H](C)OC(=O)C[C@@H]2C=CCC2)cc1OC. The van der Waals surface area contributed by atoms with Gasteiger partial charge in [-0.3, -0.25) is 9.59 Å². The van der Waals surface area contributed by atoms with Crippen LogP contribution in [-0.4, -0.2) is 32.2 Å². The molecule has 2 rings (SSSR count). The lowest BCUT2D eigenvalue weighted by molar-refractivity contribution is -0.153. The van der Waals surface area contributed by atoms with E-state index in [9.17, 15) is 9.59 Å². The van der Waals surface area contributed by atoms with Gasteiger partial charge in [-0.05, 0) is 37.8 Å². The quantitative estimate of drug-likeness (QED) is 0.613. The molecular weight excluding hydrogens is 310 g/mol. The molecule has 0 aliphatic heterocycles. The highest BCUT2D eigenvalue weighted by Crippen LogP contribution is 2.29. The van der Waals surface area contributed by atoms with Crippen molar-refractivity contribution in [3.05, 3.63) is 30.4 Å². The molecule has 6 nitrogen and oxygen atoms in total. The fourth-order valence-corrected chi connectivity index (χ4v) is 2.54. The summed E-state index contributed by atoms with van der Waals surface area (Å²) in [6.07, 6.45) is 5.48. The van der Waals surface area contributed by atoms with Crippen LogP contribution in [0.15, 0.2) is 30.4 Å². The highest BCUT2D eigenvalue weighted by Gasteiger charge is 2.21. The Morgan fingerprint density at radius 1 is 1.25 bits per heavy atom. The van der Waals surface area contributed by atoms with E-state index in [-0.39, 0.29) is 11.9 Å². The van der Waals surface area contributed by atoms with Gasteiger partial charge < -0.3 is 19.5 Å². The summed E-state index contributed by atoms with van der Waals surface area (Å²) in [6.45, 7) is 1.55. The fourth-order valence-electron chi connectivity index (χ4n) is 2.54. The maximum atomic E-state index is 12.2. The van der Waals surface area contributed by atoms with Crippen LogP contribution in [0.5, 0.6) is 11.5 Å². The third-order valence-electron chi connectivity index (χ3n) is 3.87. The number of amides is 1. The van der Waals surface area contributed by atoms with Crippen LogP contribution in [0.4, 0.5) is 5.69 Å². The van der Waals surface area contributed by atoms with Gasteiger partial charge in [0.25, 0.3) is 5.91 Å². The Bertz CT molecular complexity index is 626. The first-order chi connectivity index (χ1) is 11.5. The minimum Gasteiger partial charge on any atom is -0.493 e. The summed E-state index contributed by atoms with van der Waals surface area (Å²) < 4.78 is 15.5. The summed E-state index contributed by atoms with van der Waals surface area (Å²) in [5.41, 5.74) is 0.541. The second kappa shape index (κ2) is 8.38. The molecule has 1 aliphatic carbocycles. The molecule has 1 aliphatic rings. The Balaban J connectivity index is 1.88. The second-order valence-corrected chi connectivity index (χ2v) is 5.66. The van der Waals surface area contributed by atoms with Crippen molar-refractivity contribution in [1.29, 1.82) is 0 Å². The standard InChI is InChI=1S/C18H23NO5/c1-12(24-17(20)10-13-6-4-5-7-13)18(21)19-14-8-9-15(22-2)16(11-14)23-3/h4,6,8-9,11-13H,5,7,10H2,1-3H3,(H,19,21)/t12-,13-/m1/s1. The molecular formula is C18H23NO5. The van der Waals surface area contributed by atoms with Crippen LogP contribution in [0.2, 0.25) is 0 Å². The van der Waals surface area contributed by atoms with Gasteiger partial charge in [0.1, 0.15) is 0 Å². The van der Waals surface area contributed by atoms with Crippen molar-refractivity contribution >= 4 is 17.6 Å². The van der Waals surface area contributed by atoms with E-state index >= 15 is 0 Å². The third kappa shape index (κ3) is 4.75. The van der Waals surface area contributed by atoms with Crippen LogP contribution >= 0.6 is 0 Å². The van der Waals surface area contributed by atoms with Crippen LogP contribution in [0.3, 0.4) is 0 Å². The Morgan fingerprint density at radius 2 is 2.00 bits per heavy atom. The summed E-state index contributed by atoms with van der Waals surface area (Å²) in [5, 5.41) is 2.70. The molecule has 0 saturated heterocycles. The molecule has 0 aromatic heterocycles. The number of allylic oxidation sites excluding steroid dienone is 2. The molecule has 0 fully saturated rings. The summed E-state index contributed by atoms with van der Waals surface area (Å²) >= 11 is 0. The number of esters is 1. The molecule has 24 heavy (non-hydrogen) atoms. The van der Waals surface area contributed by atoms with E-state index in [1.807, 2.05) is 6.08 Å². The van der Waals surface area contributed by atoms with Gasteiger partial charge in [0.15, 0.2) is 17.6 Å². The van der Waals surface area contributed by atoms with Gasteiger partial charge in [-0.2, -0.15) is 0 Å². The van der Waals surface area contributed by atoms with Gasteiger partial charge in [0, 0.05) is 11.8 Å². The number of hydrogen-bond donors (Lipinski definition) is 1. The molecule has 130 valence electrons. The first-order valence-electron chi connectivity index (χ1n) is 7.92. The normalized spacial score (nSPS) is 17.2. The van der Waals surface area contributed by atoms with Crippen LogP contribution in [0.1, 0.15) is 26.2 Å². The Labute approximate surface area is 141 Å². The van der Waals surface area contributed by atoms with Crippen LogP contribution < -0.4 is 14.8 Å². The van der Waals surface area contributed by atoms with Crippen LogP contribution in [-0.2, 0) is 14.3 Å². The van der Waals surface area contributed by atoms with Gasteiger partial charge >= 0.3 is 5.97 Å². The molecule has 1 aromatic rings. The average molecular weight is 333 g/mol. The number of methoxy groups -OCH3 is 2. The maximum absolute atomic E-state index is 12.2. The lowest BCUT2D eigenvalue weighted by atomic mass is 10.1. The lowest BCUT2D eigenvalue weighted by Gasteiger charge is -2.15. The molecule has 0 spiro atoms. The van der Waals surface area contributed by atoms with Crippen molar-refractivity contribution in [2.75, 3.05) is 19.5 Å². The monoisotopic (exact) mass is 333 g/mol. The number of carbonyl (C=O) groups excluding carboxylic acids is 2. The second-order valence-electron chi connectivity index (χ2n) is 5.66. The smallest absolute Gasteiger partial charge is 0.307 e. The zero-order chi connectivity index (χ0) is 17.5. The van der Waals surface area contributed by atoms with Crippen molar-refractivity contribution in [3.63, 3.8) is 0 Å². The molecule has 0 bridgehead atoms. The van der Waals surface area contributed by atoms with E-state index in [4.69, 9.17) is 14.2 Å². The predicted octanol–water partition coefficient (Wildman–Crippen LogP) is 2.93. The minimum atomic E-state index is -0.865. The van der Waals surface area contributed by atoms with E-state index < -0.39 is 12.0 Å². The first kappa shape index (κ1) is 17.8. The van der Waals surface area contributed by atoms with E-state index in [1.165, 1.54) is 14.2 Å². The van der Waals surface area contributed by atoms with Gasteiger partial charge in [-0.15, -0.1) is 0 Å². The molecule has 2 atom stereocenters. The average Bonchev–Trinajstić information content (AvgIpc) is 3.07. The summed E-state index contributed by atoms with van der Waals surface area (Å²) in [5.74, 6) is 0.546. The zero-order valence-corrected chi connectivity index (χ0v) is 14.2. The fraction of sp³-hybridized carbons (Fsp3) is 0.444. The first-order valence-corrected chi connectivity index (χ1v) is 7.92. The summed E-state index contributed by atoms with van der Waals surface area (Å²) in [6, 6.07) is 5.03. The Kier molecular flexibility index (Phi) is 6.23. The zero-order valence-electron chi connectivity index (χ0n) is 14.2. The molecule has 0 heterocycles. The molecule has 0 saturated carbocycles. The topological polar surface area (TPSA) is 73.9 Å². The number of carbonyl (C=O) groups is 2. The number of hydrogen-bond acceptors (Lipinski definition) is 5. The van der Waals surface area contributed by atoms with Crippen molar-refractivity contribution in [1.82, 2.24) is 0 Å². The van der Waals surface area contributed by atoms with Crippen LogP contribution in [0.25, 0.3) is 0 Å². The number of nitrogens with one attached hydrogen (secondary N) is 1. The van der Waals surface area contributed by atoms with Crippen molar-refractivity contribution in [3.8, 4) is 11.5 Å². The number of ether oxygens (including phenoxy) is 3. The molecule has 0 unspecified atom stereocenters. The van der Waals surface area contributed by atoms with Gasteiger partial charge in [-0.25, -0.2) is 0 Å². The molecule has 1 N–H and O–H groups in total. The summed E-state index contributed by atoms with van der Waals surface area (Å²) in [4.78, 5) is 24.0. The number of rotatable bonds is 7. The number of benzene rings is 1. The van der Waals surface area contributed by atoms with Gasteiger partial charge in [0.2, 0.25) is 0 Å². The van der Waals surface area contributed by atoms with Crippen molar-refractivity contribution < 1.29 is 23.8 Å². The number of anilines is 1. The van der Waals surface area contributed by atoms with E-state index in [0.29, 0.717) is 23.6 Å². The van der Waals surface area contributed by atoms with Crippen molar-refractivity contribution in [2.45, 2.75) is 32.3 Å². The molecule has 1 amide bonds. The predicted molar refractivity (Wildman–Crippen MR) is 90.2 cm³/mol. The Morgan fingerprint density at radius 3 is 2.62 bits per heavy atom. The lowest BCUT2D eigenvalue weighted by Crippen LogP contribution is -2.30. The Hall–Kier alpha value is -2.50. The van der Waals surface area contributed by atoms with E-state index in [1.54, 1.807) is 25.1 Å². The van der Waals surface area contributed by atoms with Crippen molar-refractivity contribution in [2.24, 2.45) is 5.92 Å². The van der Waals surface area contributed by atoms with E-state index in [2.05, 4.69) is 11.4 Å². The maximum Gasteiger partial charge on any atom is 0.307 e. The summed E-state index contributed by atoms with van der Waals surface area (Å²) in [7, 11) is 3.06. The molecule has 0 radical (unpaired) electrons.